The van der Waals surface area contributed by atoms with Gasteiger partial charge in [0.15, 0.2) is 11.5 Å². The molecule has 1 saturated carbocycles. The van der Waals surface area contributed by atoms with Crippen LogP contribution in [-0.4, -0.2) is 89.3 Å². The molecule has 1 heterocycles. The van der Waals surface area contributed by atoms with Crippen molar-refractivity contribution in [2.75, 3.05) is 26.9 Å². The van der Waals surface area contributed by atoms with Crippen LogP contribution >= 0.6 is 22.6 Å². The van der Waals surface area contributed by atoms with Crippen LogP contribution in [0.3, 0.4) is 0 Å². The van der Waals surface area contributed by atoms with Crippen molar-refractivity contribution in [3.8, 4) is 11.5 Å². The summed E-state index contributed by atoms with van der Waals surface area (Å²) in [5.74, 6) is 0.259. The van der Waals surface area contributed by atoms with Crippen molar-refractivity contribution in [1.29, 1.82) is 0 Å². The van der Waals surface area contributed by atoms with Gasteiger partial charge >= 0.3 is 0 Å². The molecule has 0 spiro atoms. The molecule has 2 amide bonds. The minimum Gasteiger partial charge on any atom is -0.493 e. The Hall–Kier alpha value is -1.93. The van der Waals surface area contributed by atoms with Crippen LogP contribution in [0, 0.1) is 3.57 Å². The van der Waals surface area contributed by atoms with Crippen molar-refractivity contribution in [2.45, 2.75) is 94.8 Å². The van der Waals surface area contributed by atoms with Crippen molar-refractivity contribution in [2.24, 2.45) is 0 Å². The lowest BCUT2D eigenvalue weighted by atomic mass is 9.86. The van der Waals surface area contributed by atoms with Gasteiger partial charge in [-0.2, -0.15) is 0 Å². The van der Waals surface area contributed by atoms with Gasteiger partial charge < -0.3 is 39.7 Å². The summed E-state index contributed by atoms with van der Waals surface area (Å²) < 4.78 is 18.4. The molecular weight excluding hydrogens is 631 g/mol. The number of rotatable bonds is 10. The molecule has 2 aliphatic carbocycles. The van der Waals surface area contributed by atoms with Crippen LogP contribution in [0.15, 0.2) is 23.8 Å². The van der Waals surface area contributed by atoms with Crippen LogP contribution in [-0.2, 0) is 20.9 Å². The molecule has 4 rings (SSSR count). The van der Waals surface area contributed by atoms with E-state index in [1.54, 1.807) is 18.2 Å². The van der Waals surface area contributed by atoms with Crippen molar-refractivity contribution in [3.63, 3.8) is 0 Å². The Morgan fingerprint density at radius 1 is 1.12 bits per heavy atom. The van der Waals surface area contributed by atoms with E-state index in [2.05, 4.69) is 27.9 Å². The number of aliphatic hydroxyl groups is 3. The van der Waals surface area contributed by atoms with E-state index in [4.69, 9.17) is 14.2 Å². The van der Waals surface area contributed by atoms with E-state index in [1.807, 2.05) is 4.90 Å². The molecule has 0 aromatic heterocycles. The Bertz CT molecular complexity index is 1050. The van der Waals surface area contributed by atoms with Crippen molar-refractivity contribution in [1.82, 2.24) is 10.2 Å². The third-order valence-corrected chi connectivity index (χ3v) is 8.78. The van der Waals surface area contributed by atoms with Crippen LogP contribution < -0.4 is 14.8 Å². The van der Waals surface area contributed by atoms with Gasteiger partial charge in [0.2, 0.25) is 5.91 Å². The summed E-state index contributed by atoms with van der Waals surface area (Å²) in [5.41, 5.74) is 1.03. The van der Waals surface area contributed by atoms with Gasteiger partial charge in [0.1, 0.15) is 18.3 Å². The highest BCUT2D eigenvalue weighted by molar-refractivity contribution is 14.1. The molecule has 4 atom stereocenters. The van der Waals surface area contributed by atoms with Gasteiger partial charge in [0.05, 0.1) is 29.9 Å². The van der Waals surface area contributed by atoms with Gasteiger partial charge in [-0.15, -0.1) is 0 Å². The standard InChI is InChI=1S/C29H41IN2O8/c1-38-25-14-18(17-34)13-21(30)27(25)40-24-16-19(28(36)31-10-11-33)15-22(26(24)35)32(20-7-4-2-3-5-8-20)29(37)23-9-6-12-39-23/h13-14,16,20,22-24,26,33-35H,2-12,15,17H2,1H3,(H,31,36)/t22-,23?,24+,26+/m1/s1. The summed E-state index contributed by atoms with van der Waals surface area (Å²) in [6.07, 6.45) is 6.43. The van der Waals surface area contributed by atoms with Crippen LogP contribution in [0.2, 0.25) is 0 Å². The van der Waals surface area contributed by atoms with Crippen LogP contribution in [0.25, 0.3) is 0 Å². The molecule has 11 heteroatoms. The van der Waals surface area contributed by atoms with E-state index >= 15 is 0 Å². The fourth-order valence-electron chi connectivity index (χ4n) is 5.95. The zero-order valence-electron chi connectivity index (χ0n) is 23.0. The minimum absolute atomic E-state index is 0.0714. The number of carbonyl (C=O) groups excluding carboxylic acids is 2. The van der Waals surface area contributed by atoms with E-state index in [0.717, 1.165) is 44.9 Å². The molecule has 0 bridgehead atoms. The van der Waals surface area contributed by atoms with Crippen LogP contribution in [0.1, 0.15) is 63.4 Å². The number of hydrogen-bond acceptors (Lipinski definition) is 8. The van der Waals surface area contributed by atoms with E-state index in [9.17, 15) is 24.9 Å². The predicted molar refractivity (Wildman–Crippen MR) is 156 cm³/mol. The quantitative estimate of drug-likeness (QED) is 0.220. The first-order valence-corrected chi connectivity index (χ1v) is 15.3. The van der Waals surface area contributed by atoms with Crippen LogP contribution in [0.5, 0.6) is 11.5 Å². The second kappa shape index (κ2) is 14.8. The monoisotopic (exact) mass is 672 g/mol. The summed E-state index contributed by atoms with van der Waals surface area (Å²) in [7, 11) is 1.50. The minimum atomic E-state index is -1.12. The summed E-state index contributed by atoms with van der Waals surface area (Å²) in [6, 6.07) is 2.66. The number of aliphatic hydroxyl groups excluding tert-OH is 3. The van der Waals surface area contributed by atoms with Gasteiger partial charge in [-0.05, 0) is 72.0 Å². The molecule has 40 heavy (non-hydrogen) atoms. The lowest BCUT2D eigenvalue weighted by Gasteiger charge is -2.45. The highest BCUT2D eigenvalue weighted by atomic mass is 127. The summed E-state index contributed by atoms with van der Waals surface area (Å²) >= 11 is 2.09. The van der Waals surface area contributed by atoms with Gasteiger partial charge in [-0.1, -0.05) is 25.7 Å². The number of amides is 2. The third-order valence-electron chi connectivity index (χ3n) is 7.98. The molecular formula is C29H41IN2O8. The van der Waals surface area contributed by atoms with Crippen molar-refractivity contribution < 1.29 is 39.1 Å². The number of hydrogen-bond donors (Lipinski definition) is 4. The maximum Gasteiger partial charge on any atom is 0.252 e. The molecule has 3 aliphatic rings. The molecule has 4 N–H and O–H groups in total. The van der Waals surface area contributed by atoms with Crippen molar-refractivity contribution in [3.05, 3.63) is 32.9 Å². The summed E-state index contributed by atoms with van der Waals surface area (Å²) in [6.45, 7) is 0.246. The van der Waals surface area contributed by atoms with Gasteiger partial charge in [0, 0.05) is 31.2 Å². The predicted octanol–water partition coefficient (Wildman–Crippen LogP) is 2.44. The Morgan fingerprint density at radius 2 is 1.88 bits per heavy atom. The summed E-state index contributed by atoms with van der Waals surface area (Å²) in [4.78, 5) is 29.0. The van der Waals surface area contributed by atoms with Gasteiger partial charge in [-0.25, -0.2) is 0 Å². The number of benzene rings is 1. The molecule has 1 aliphatic heterocycles. The topological polar surface area (TPSA) is 138 Å². The first-order chi connectivity index (χ1) is 19.4. The van der Waals surface area contributed by atoms with E-state index < -0.39 is 24.4 Å². The molecule has 1 aromatic rings. The third kappa shape index (κ3) is 7.28. The highest BCUT2D eigenvalue weighted by Gasteiger charge is 2.45. The largest absolute Gasteiger partial charge is 0.493 e. The van der Waals surface area contributed by atoms with E-state index in [-0.39, 0.29) is 44.0 Å². The lowest BCUT2D eigenvalue weighted by Crippen LogP contribution is -2.59. The maximum atomic E-state index is 14.0. The SMILES string of the molecule is COc1cc(CO)cc(I)c1O[C@H]1C=C(C(=O)NCCO)C[C@@H](N(C(=O)C2CCCO2)C2CCCCCC2)[C@@H]1O. The maximum absolute atomic E-state index is 14.0. The number of nitrogens with zero attached hydrogens (tertiary/aromatic N) is 1. The molecule has 1 saturated heterocycles. The number of ether oxygens (including phenoxy) is 3. The Kier molecular flexibility index (Phi) is 11.5. The molecule has 1 unspecified atom stereocenters. The molecule has 10 nitrogen and oxygen atoms in total. The van der Waals surface area contributed by atoms with Gasteiger partial charge in [-0.3, -0.25) is 9.59 Å². The number of halogens is 1. The average molecular weight is 673 g/mol. The van der Waals surface area contributed by atoms with Gasteiger partial charge in [0.25, 0.3) is 5.91 Å². The number of methoxy groups -OCH3 is 1. The smallest absolute Gasteiger partial charge is 0.252 e. The van der Waals surface area contributed by atoms with E-state index in [1.165, 1.54) is 7.11 Å². The average Bonchev–Trinajstić information content (AvgIpc) is 3.38. The molecule has 0 radical (unpaired) electrons. The zero-order valence-corrected chi connectivity index (χ0v) is 25.2. The first-order valence-electron chi connectivity index (χ1n) is 14.2. The number of carbonyl (C=O) groups is 2. The molecule has 1 aromatic carbocycles. The molecule has 2 fully saturated rings. The zero-order chi connectivity index (χ0) is 28.6. The van der Waals surface area contributed by atoms with Crippen molar-refractivity contribution >= 4 is 34.4 Å². The fraction of sp³-hybridized carbons (Fsp3) is 0.655. The van der Waals surface area contributed by atoms with Crippen LogP contribution in [0.4, 0.5) is 0 Å². The van der Waals surface area contributed by atoms with E-state index in [0.29, 0.717) is 39.2 Å². The summed E-state index contributed by atoms with van der Waals surface area (Å²) in [5, 5.41) is 33.4. The Balaban J connectivity index is 1.72. The second-order valence-corrected chi connectivity index (χ2v) is 11.8. The fourth-order valence-corrected chi connectivity index (χ4v) is 6.74. The highest BCUT2D eigenvalue weighted by Crippen LogP contribution is 2.38. The Morgan fingerprint density at radius 3 is 2.50 bits per heavy atom. The lowest BCUT2D eigenvalue weighted by molar-refractivity contribution is -0.152. The Labute approximate surface area is 249 Å². The number of nitrogens with one attached hydrogen (secondary N) is 1. The normalized spacial score (nSPS) is 25.6. The molecule has 222 valence electrons. The second-order valence-electron chi connectivity index (χ2n) is 10.7. The first kappa shape index (κ1) is 31.0.